The molecule has 10 heteroatoms. The predicted molar refractivity (Wildman–Crippen MR) is 132 cm³/mol. The quantitative estimate of drug-likeness (QED) is 0.333. The smallest absolute Gasteiger partial charge is 0.307 e. The standard InChI is InChI=1S/C23H21Cl3N2O4S/c1-4-32-18(29)11-17-23-27-21(25)22(26)28(23)15-9-8-12(24)10-14(15)20(33-17)13-6-5-7-16(30-2)19(13)31-3/h5-10,17,20H,4,11H2,1-3H3/t17-,20-/m1/s1. The Morgan fingerprint density at radius 3 is 2.61 bits per heavy atom. The Labute approximate surface area is 211 Å². The molecule has 2 heterocycles. The minimum absolute atomic E-state index is 0.0900. The van der Waals surface area contributed by atoms with Gasteiger partial charge in [-0.1, -0.05) is 46.9 Å². The van der Waals surface area contributed by atoms with E-state index in [4.69, 9.17) is 49.0 Å². The van der Waals surface area contributed by atoms with Crippen LogP contribution in [0.4, 0.5) is 0 Å². The van der Waals surface area contributed by atoms with Crippen molar-refractivity contribution >= 4 is 52.5 Å². The molecule has 0 saturated heterocycles. The molecule has 0 spiro atoms. The number of fused-ring (bicyclic) bond motifs is 3. The maximum Gasteiger partial charge on any atom is 0.307 e. The first-order chi connectivity index (χ1) is 15.9. The normalized spacial score (nSPS) is 17.0. The number of carbonyl (C=O) groups excluding carboxylic acids is 1. The number of aromatic nitrogens is 2. The van der Waals surface area contributed by atoms with Gasteiger partial charge in [-0.2, -0.15) is 0 Å². The Hall–Kier alpha value is -2.06. The second kappa shape index (κ2) is 10.1. The van der Waals surface area contributed by atoms with Crippen molar-refractivity contribution < 1.29 is 19.0 Å². The van der Waals surface area contributed by atoms with Crippen molar-refractivity contribution in [2.24, 2.45) is 0 Å². The van der Waals surface area contributed by atoms with Crippen LogP contribution in [0.3, 0.4) is 0 Å². The Morgan fingerprint density at radius 2 is 1.91 bits per heavy atom. The highest BCUT2D eigenvalue weighted by atomic mass is 35.5. The Morgan fingerprint density at radius 1 is 1.12 bits per heavy atom. The van der Waals surface area contributed by atoms with Crippen LogP contribution in [-0.4, -0.2) is 36.3 Å². The largest absolute Gasteiger partial charge is 0.493 e. The first kappa shape index (κ1) is 24.1. The minimum Gasteiger partial charge on any atom is -0.493 e. The molecule has 0 aliphatic carbocycles. The highest BCUT2D eigenvalue weighted by molar-refractivity contribution is 8.00. The average Bonchev–Trinajstić information content (AvgIpc) is 3.03. The van der Waals surface area contributed by atoms with Crippen molar-refractivity contribution in [2.75, 3.05) is 20.8 Å². The summed E-state index contributed by atoms with van der Waals surface area (Å²) in [6.45, 7) is 2.06. The van der Waals surface area contributed by atoms with Crippen LogP contribution in [-0.2, 0) is 9.53 Å². The van der Waals surface area contributed by atoms with Crippen LogP contribution >= 0.6 is 46.6 Å². The van der Waals surface area contributed by atoms with Gasteiger partial charge in [0.15, 0.2) is 21.8 Å². The molecule has 6 nitrogen and oxygen atoms in total. The molecule has 0 fully saturated rings. The second-order valence-corrected chi connectivity index (χ2v) is 9.65. The summed E-state index contributed by atoms with van der Waals surface area (Å²) < 4.78 is 18.3. The highest BCUT2D eigenvalue weighted by Crippen LogP contribution is 2.54. The molecule has 0 radical (unpaired) electrons. The number of benzene rings is 2. The third-order valence-corrected chi connectivity index (χ3v) is 7.71. The van der Waals surface area contributed by atoms with Gasteiger partial charge in [0.05, 0.1) is 43.4 Å². The number of nitrogens with zero attached hydrogens (tertiary/aromatic N) is 2. The first-order valence-corrected chi connectivity index (χ1v) is 12.2. The number of hydrogen-bond acceptors (Lipinski definition) is 6. The molecular weight excluding hydrogens is 507 g/mol. The summed E-state index contributed by atoms with van der Waals surface area (Å²) in [6.07, 6.45) is 0.0900. The third kappa shape index (κ3) is 4.52. The van der Waals surface area contributed by atoms with E-state index in [0.717, 1.165) is 16.8 Å². The Bertz CT molecular complexity index is 1200. The Balaban J connectivity index is 1.97. The summed E-state index contributed by atoms with van der Waals surface area (Å²) in [5.74, 6) is 1.43. The number of carbonyl (C=O) groups is 1. The van der Waals surface area contributed by atoms with Crippen LogP contribution in [0.5, 0.6) is 11.5 Å². The molecule has 2 atom stereocenters. The fraction of sp³-hybridized carbons (Fsp3) is 0.304. The van der Waals surface area contributed by atoms with Gasteiger partial charge in [0.25, 0.3) is 0 Å². The summed E-state index contributed by atoms with van der Waals surface area (Å²) in [4.78, 5) is 17.0. The lowest BCUT2D eigenvalue weighted by molar-refractivity contribution is -0.143. The zero-order valence-electron chi connectivity index (χ0n) is 18.1. The van der Waals surface area contributed by atoms with Crippen LogP contribution in [0.15, 0.2) is 36.4 Å². The number of esters is 1. The first-order valence-electron chi connectivity index (χ1n) is 10.1. The molecule has 3 aromatic rings. The molecule has 0 amide bonds. The van der Waals surface area contributed by atoms with E-state index < -0.39 is 5.25 Å². The molecule has 33 heavy (non-hydrogen) atoms. The zero-order valence-corrected chi connectivity index (χ0v) is 21.2. The van der Waals surface area contributed by atoms with Gasteiger partial charge in [-0.25, -0.2) is 4.98 Å². The number of imidazole rings is 1. The molecule has 0 bridgehead atoms. The van der Waals surface area contributed by atoms with E-state index in [1.807, 2.05) is 30.3 Å². The van der Waals surface area contributed by atoms with Crippen LogP contribution < -0.4 is 9.47 Å². The summed E-state index contributed by atoms with van der Waals surface area (Å²) in [5, 5.41) is 0.317. The van der Waals surface area contributed by atoms with Gasteiger partial charge in [0, 0.05) is 10.6 Å². The third-order valence-electron chi connectivity index (χ3n) is 5.28. The summed E-state index contributed by atoms with van der Waals surface area (Å²) in [7, 11) is 3.19. The maximum absolute atomic E-state index is 12.5. The van der Waals surface area contributed by atoms with E-state index in [0.29, 0.717) is 22.3 Å². The van der Waals surface area contributed by atoms with Gasteiger partial charge in [0.1, 0.15) is 5.82 Å². The van der Waals surface area contributed by atoms with Crippen molar-refractivity contribution in [3.8, 4) is 17.2 Å². The van der Waals surface area contributed by atoms with Crippen molar-refractivity contribution in [2.45, 2.75) is 23.8 Å². The fourth-order valence-corrected chi connectivity index (χ4v) is 6.02. The molecule has 0 unspecified atom stereocenters. The van der Waals surface area contributed by atoms with Gasteiger partial charge in [-0.15, -0.1) is 11.8 Å². The van der Waals surface area contributed by atoms with Crippen LogP contribution in [0, 0.1) is 0 Å². The average molecular weight is 528 g/mol. The number of rotatable bonds is 6. The molecule has 2 aromatic carbocycles. The summed E-state index contributed by atoms with van der Waals surface area (Å²) >= 11 is 20.9. The number of methoxy groups -OCH3 is 2. The molecule has 1 aliphatic rings. The van der Waals surface area contributed by atoms with E-state index >= 15 is 0 Å². The van der Waals surface area contributed by atoms with Gasteiger partial charge >= 0.3 is 5.97 Å². The zero-order chi connectivity index (χ0) is 23.7. The van der Waals surface area contributed by atoms with E-state index in [2.05, 4.69) is 4.98 Å². The number of para-hydroxylation sites is 1. The SMILES string of the molecule is CCOC(=O)C[C@H]1S[C@H](c2cccc(OC)c2OC)c2cc(Cl)ccc2-n2c1nc(Cl)c2Cl. The van der Waals surface area contributed by atoms with Gasteiger partial charge in [0.2, 0.25) is 0 Å². The molecule has 0 N–H and O–H groups in total. The molecule has 0 saturated carbocycles. The number of hydrogen-bond donors (Lipinski definition) is 0. The molecular formula is C23H21Cl3N2O4S. The summed E-state index contributed by atoms with van der Waals surface area (Å²) in [5.41, 5.74) is 2.52. The number of halogens is 3. The highest BCUT2D eigenvalue weighted by Gasteiger charge is 2.36. The van der Waals surface area contributed by atoms with Crippen molar-refractivity contribution in [3.63, 3.8) is 0 Å². The van der Waals surface area contributed by atoms with E-state index in [1.165, 1.54) is 11.8 Å². The van der Waals surface area contributed by atoms with E-state index in [1.54, 1.807) is 31.8 Å². The Kier molecular flexibility index (Phi) is 7.34. The lowest BCUT2D eigenvalue weighted by Gasteiger charge is -2.23. The maximum atomic E-state index is 12.5. The van der Waals surface area contributed by atoms with Gasteiger partial charge in [-0.05, 0) is 36.8 Å². The van der Waals surface area contributed by atoms with Gasteiger partial charge in [-0.3, -0.25) is 9.36 Å². The second-order valence-electron chi connectivity index (χ2n) is 7.19. The number of thioether (sulfide) groups is 1. The van der Waals surface area contributed by atoms with E-state index in [9.17, 15) is 4.79 Å². The van der Waals surface area contributed by atoms with Gasteiger partial charge < -0.3 is 14.2 Å². The van der Waals surface area contributed by atoms with Crippen molar-refractivity contribution in [1.82, 2.24) is 9.55 Å². The van der Waals surface area contributed by atoms with E-state index in [-0.39, 0.29) is 34.6 Å². The molecule has 1 aromatic heterocycles. The topological polar surface area (TPSA) is 62.6 Å². The lowest BCUT2D eigenvalue weighted by Crippen LogP contribution is -2.12. The minimum atomic E-state index is -0.402. The predicted octanol–water partition coefficient (Wildman–Crippen LogP) is 6.68. The molecule has 1 aliphatic heterocycles. The van der Waals surface area contributed by atoms with Crippen LogP contribution in [0.1, 0.15) is 40.8 Å². The van der Waals surface area contributed by atoms with Crippen LogP contribution in [0.25, 0.3) is 5.69 Å². The van der Waals surface area contributed by atoms with Crippen LogP contribution in [0.2, 0.25) is 15.3 Å². The molecule has 174 valence electrons. The molecule has 4 rings (SSSR count). The lowest BCUT2D eigenvalue weighted by atomic mass is 10.0. The number of ether oxygens (including phenoxy) is 3. The summed E-state index contributed by atoms with van der Waals surface area (Å²) in [6, 6.07) is 11.2. The fourth-order valence-electron chi connectivity index (χ4n) is 3.94. The monoisotopic (exact) mass is 526 g/mol. The van der Waals surface area contributed by atoms with Crippen molar-refractivity contribution in [1.29, 1.82) is 0 Å². The van der Waals surface area contributed by atoms with Crippen molar-refractivity contribution in [3.05, 3.63) is 68.7 Å².